The molecule has 0 radical (unpaired) electrons. The molecule has 5 rings (SSSR count). The maximum atomic E-state index is 14.3. The quantitative estimate of drug-likeness (QED) is 0.130. The average Bonchev–Trinajstić information content (AvgIpc) is 3.71. The topological polar surface area (TPSA) is 99.8 Å². The van der Waals surface area contributed by atoms with Crippen molar-refractivity contribution < 1.29 is 54.1 Å². The number of nitrogens with zero attached hydrogens (tertiary/aromatic N) is 2. The van der Waals surface area contributed by atoms with Crippen LogP contribution in [0.5, 0.6) is 11.5 Å². The minimum absolute atomic E-state index is 0.00743. The number of carbonyl (C=O) groups excluding carboxylic acids is 1. The van der Waals surface area contributed by atoms with Gasteiger partial charge in [0.15, 0.2) is 0 Å². The van der Waals surface area contributed by atoms with E-state index in [0.29, 0.717) is 22.2 Å². The van der Waals surface area contributed by atoms with E-state index in [1.54, 1.807) is 6.92 Å². The predicted octanol–water partition coefficient (Wildman–Crippen LogP) is 7.19. The Kier molecular flexibility index (Phi) is 8.97. The number of methoxy groups -OCH3 is 2. The second-order valence-electron chi connectivity index (χ2n) is 10.6. The number of ketones is 1. The molecule has 0 saturated carbocycles. The summed E-state index contributed by atoms with van der Waals surface area (Å²) in [4.78, 5) is 14.0. The summed E-state index contributed by atoms with van der Waals surface area (Å²) in [6, 6.07) is 14.4. The fraction of sp³-hybridized carbons (Fsp3) is 0.182. The van der Waals surface area contributed by atoms with Crippen molar-refractivity contribution >= 4 is 15.8 Å². The van der Waals surface area contributed by atoms with Crippen LogP contribution in [0.1, 0.15) is 50.1 Å². The van der Waals surface area contributed by atoms with Crippen LogP contribution in [-0.2, 0) is 22.4 Å². The number of alkyl halides is 6. The number of hydrogen-bond acceptors (Lipinski definition) is 6. The molecule has 0 aliphatic rings. The maximum absolute atomic E-state index is 14.3. The Morgan fingerprint density at radius 1 is 0.792 bits per heavy atom. The molecule has 2 aromatic heterocycles. The minimum Gasteiger partial charge on any atom is -0.496 e. The van der Waals surface area contributed by atoms with E-state index in [2.05, 4.69) is 0 Å². The first-order valence-electron chi connectivity index (χ1n) is 13.9. The zero-order valence-electron chi connectivity index (χ0n) is 25.3. The van der Waals surface area contributed by atoms with E-state index in [4.69, 9.17) is 9.47 Å². The number of aromatic nitrogens is 2. The molecule has 5 aromatic rings. The van der Waals surface area contributed by atoms with Crippen LogP contribution in [0.4, 0.5) is 26.3 Å². The van der Waals surface area contributed by atoms with Gasteiger partial charge in [-0.2, -0.15) is 26.3 Å². The Hall–Kier alpha value is -5.02. The number of halogens is 6. The van der Waals surface area contributed by atoms with Crippen LogP contribution in [0.2, 0.25) is 0 Å². The van der Waals surface area contributed by atoms with Gasteiger partial charge in [-0.15, -0.1) is 0 Å². The third-order valence-electron chi connectivity index (χ3n) is 7.57. The van der Waals surface area contributed by atoms with Crippen LogP contribution in [0.15, 0.2) is 96.2 Å². The standard InChI is InChI=1S/C33H26F6N2O6S/c1-19-6-10-22(11-7-19)48(44,45)41-16-14-25(29(41)31(43)24-13-9-21(33(37,38)39)18-28(24)47-3)40-15-4-5-26(40)30(42)23-12-8-20(32(34,35)36)17-27(23)46-2/h4-18,30,42H,1-3H3. The van der Waals surface area contributed by atoms with Gasteiger partial charge in [0.05, 0.1) is 47.2 Å². The Bertz CT molecular complexity index is 2100. The third kappa shape index (κ3) is 6.30. The van der Waals surface area contributed by atoms with E-state index in [1.807, 2.05) is 0 Å². The monoisotopic (exact) mass is 692 g/mol. The van der Waals surface area contributed by atoms with Crippen molar-refractivity contribution in [2.45, 2.75) is 30.3 Å². The lowest BCUT2D eigenvalue weighted by atomic mass is 10.0. The molecule has 8 nitrogen and oxygen atoms in total. The lowest BCUT2D eigenvalue weighted by molar-refractivity contribution is -0.138. The molecule has 0 bridgehead atoms. The highest BCUT2D eigenvalue weighted by Crippen LogP contribution is 2.39. The fourth-order valence-corrected chi connectivity index (χ4v) is 6.48. The number of carbonyl (C=O) groups is 1. The molecule has 3 aromatic carbocycles. The molecule has 0 saturated heterocycles. The van der Waals surface area contributed by atoms with E-state index in [-0.39, 0.29) is 27.6 Å². The van der Waals surface area contributed by atoms with Crippen LogP contribution in [-0.4, -0.2) is 42.1 Å². The molecule has 2 heterocycles. The molecule has 1 atom stereocenters. The summed E-state index contributed by atoms with van der Waals surface area (Å²) < 4.78 is 121. The average molecular weight is 693 g/mol. The van der Waals surface area contributed by atoms with Gasteiger partial charge in [0.25, 0.3) is 10.0 Å². The van der Waals surface area contributed by atoms with Crippen molar-refractivity contribution in [1.82, 2.24) is 8.54 Å². The smallest absolute Gasteiger partial charge is 0.416 e. The van der Waals surface area contributed by atoms with Gasteiger partial charge in [-0.3, -0.25) is 4.79 Å². The number of aliphatic hydroxyl groups is 1. The number of benzene rings is 3. The summed E-state index contributed by atoms with van der Waals surface area (Å²) in [5.41, 5.74) is -2.52. The normalized spacial score (nSPS) is 13.0. The highest BCUT2D eigenvalue weighted by Gasteiger charge is 2.35. The molecule has 0 fully saturated rings. The van der Waals surface area contributed by atoms with Crippen molar-refractivity contribution in [3.63, 3.8) is 0 Å². The van der Waals surface area contributed by atoms with Crippen molar-refractivity contribution in [1.29, 1.82) is 0 Å². The van der Waals surface area contributed by atoms with E-state index in [0.717, 1.165) is 44.2 Å². The molecule has 15 heteroatoms. The molecule has 0 aliphatic heterocycles. The van der Waals surface area contributed by atoms with Crippen LogP contribution in [0, 0.1) is 6.92 Å². The number of aliphatic hydroxyl groups excluding tert-OH is 1. The lowest BCUT2D eigenvalue weighted by Gasteiger charge is -2.20. The highest BCUT2D eigenvalue weighted by molar-refractivity contribution is 7.90. The van der Waals surface area contributed by atoms with Gasteiger partial charge in [-0.25, -0.2) is 12.4 Å². The van der Waals surface area contributed by atoms with E-state index >= 15 is 0 Å². The van der Waals surface area contributed by atoms with Gasteiger partial charge in [0, 0.05) is 18.0 Å². The summed E-state index contributed by atoms with van der Waals surface area (Å²) in [5, 5.41) is 11.4. The Labute approximate surface area is 270 Å². The molecular formula is C33H26F6N2O6S. The molecule has 0 spiro atoms. The summed E-state index contributed by atoms with van der Waals surface area (Å²) in [6.07, 6.45) is -8.68. The molecule has 1 unspecified atom stereocenters. The van der Waals surface area contributed by atoms with Crippen LogP contribution in [0.25, 0.3) is 5.69 Å². The molecule has 48 heavy (non-hydrogen) atoms. The zero-order valence-corrected chi connectivity index (χ0v) is 26.1. The number of ether oxygens (including phenoxy) is 2. The summed E-state index contributed by atoms with van der Waals surface area (Å²) in [5.74, 6) is -1.82. The van der Waals surface area contributed by atoms with Gasteiger partial charge >= 0.3 is 12.4 Å². The number of rotatable bonds is 9. The fourth-order valence-electron chi connectivity index (χ4n) is 5.13. The Balaban J connectivity index is 1.72. The molecular weight excluding hydrogens is 666 g/mol. The van der Waals surface area contributed by atoms with Gasteiger partial charge < -0.3 is 19.1 Å². The summed E-state index contributed by atoms with van der Waals surface area (Å²) in [7, 11) is -2.33. The van der Waals surface area contributed by atoms with E-state index in [1.165, 1.54) is 53.2 Å². The first-order valence-corrected chi connectivity index (χ1v) is 15.4. The van der Waals surface area contributed by atoms with Gasteiger partial charge in [0.2, 0.25) is 5.78 Å². The lowest BCUT2D eigenvalue weighted by Crippen LogP contribution is -2.21. The first kappa shape index (κ1) is 34.3. The van der Waals surface area contributed by atoms with Crippen molar-refractivity contribution in [3.8, 4) is 17.2 Å². The highest BCUT2D eigenvalue weighted by atomic mass is 32.2. The van der Waals surface area contributed by atoms with E-state index < -0.39 is 62.4 Å². The molecule has 252 valence electrons. The molecule has 0 aliphatic carbocycles. The van der Waals surface area contributed by atoms with Crippen LogP contribution < -0.4 is 9.47 Å². The van der Waals surface area contributed by atoms with Gasteiger partial charge in [0.1, 0.15) is 23.3 Å². The summed E-state index contributed by atoms with van der Waals surface area (Å²) >= 11 is 0. The third-order valence-corrected chi connectivity index (χ3v) is 9.26. The second-order valence-corrected chi connectivity index (χ2v) is 12.4. The zero-order chi connectivity index (χ0) is 35.2. The first-order chi connectivity index (χ1) is 22.5. The second kappa shape index (κ2) is 12.5. The van der Waals surface area contributed by atoms with Gasteiger partial charge in [-0.05, 0) is 67.6 Å². The largest absolute Gasteiger partial charge is 0.496 e. The molecule has 0 amide bonds. The van der Waals surface area contributed by atoms with Gasteiger partial charge in [-0.1, -0.05) is 23.8 Å². The maximum Gasteiger partial charge on any atom is 0.416 e. The minimum atomic E-state index is -4.77. The van der Waals surface area contributed by atoms with Crippen LogP contribution >= 0.6 is 0 Å². The predicted molar refractivity (Wildman–Crippen MR) is 161 cm³/mol. The summed E-state index contributed by atoms with van der Waals surface area (Å²) in [6.45, 7) is 1.74. The molecule has 1 N–H and O–H groups in total. The van der Waals surface area contributed by atoms with Crippen LogP contribution in [0.3, 0.4) is 0 Å². The SMILES string of the molecule is COc1cc(C(F)(F)F)ccc1C(=O)c1c(-n2cccc2C(O)c2ccc(C(F)(F)F)cc2OC)ccn1S(=O)(=O)c1ccc(C)cc1. The Morgan fingerprint density at radius 2 is 1.38 bits per heavy atom. The van der Waals surface area contributed by atoms with Crippen molar-refractivity contribution in [2.24, 2.45) is 0 Å². The van der Waals surface area contributed by atoms with Crippen molar-refractivity contribution in [2.75, 3.05) is 14.2 Å². The number of hydrogen-bond donors (Lipinski definition) is 1. The van der Waals surface area contributed by atoms with Crippen molar-refractivity contribution in [3.05, 3.63) is 130 Å². The Morgan fingerprint density at radius 3 is 1.96 bits per heavy atom. The van der Waals surface area contributed by atoms with E-state index in [9.17, 15) is 44.7 Å². The number of aryl methyl sites for hydroxylation is 1.